The predicted octanol–water partition coefficient (Wildman–Crippen LogP) is 4.87. The third-order valence-electron chi connectivity index (χ3n) is 5.32. The first kappa shape index (κ1) is 19.8. The first-order valence-electron chi connectivity index (χ1n) is 10.3. The molecule has 0 spiro atoms. The Balaban J connectivity index is 1.30. The minimum absolute atomic E-state index is 0.00813. The fourth-order valence-electron chi connectivity index (χ4n) is 3.85. The normalized spacial score (nSPS) is 16.3. The van der Waals surface area contributed by atoms with Crippen molar-refractivity contribution < 1.29 is 14.3 Å². The van der Waals surface area contributed by atoms with Crippen LogP contribution in [0.2, 0.25) is 0 Å². The number of carbonyl (C=O) groups is 2. The van der Waals surface area contributed by atoms with Crippen LogP contribution in [0.4, 0.5) is 11.4 Å². The summed E-state index contributed by atoms with van der Waals surface area (Å²) in [5, 5.41) is 2.89. The molecule has 29 heavy (non-hydrogen) atoms. The van der Waals surface area contributed by atoms with E-state index >= 15 is 0 Å². The van der Waals surface area contributed by atoms with E-state index in [-0.39, 0.29) is 30.8 Å². The number of nitrogens with one attached hydrogen (secondary N) is 1. The van der Waals surface area contributed by atoms with Crippen LogP contribution in [0.25, 0.3) is 0 Å². The molecule has 2 amide bonds. The molecule has 4 rings (SSSR count). The molecule has 1 heterocycles. The van der Waals surface area contributed by atoms with Gasteiger partial charge in [-0.05, 0) is 49.9 Å². The van der Waals surface area contributed by atoms with Crippen molar-refractivity contribution in [3.05, 3.63) is 48.5 Å². The van der Waals surface area contributed by atoms with Crippen molar-refractivity contribution in [2.45, 2.75) is 49.5 Å². The summed E-state index contributed by atoms with van der Waals surface area (Å²) in [6.07, 6.45) is 5.27. The number of benzene rings is 2. The Hall–Kier alpha value is -2.47. The van der Waals surface area contributed by atoms with Gasteiger partial charge in [0, 0.05) is 41.8 Å². The fourth-order valence-corrected chi connectivity index (χ4v) is 4.85. The number of ether oxygens (including phenoxy) is 1. The molecule has 0 atom stereocenters. The van der Waals surface area contributed by atoms with Gasteiger partial charge in [0.05, 0.1) is 11.8 Å². The van der Waals surface area contributed by atoms with E-state index in [2.05, 4.69) is 5.32 Å². The molecule has 2 aromatic carbocycles. The highest BCUT2D eigenvalue weighted by Crippen LogP contribution is 2.34. The first-order valence-corrected chi connectivity index (χ1v) is 11.3. The number of rotatable bonds is 6. The van der Waals surface area contributed by atoms with E-state index < -0.39 is 0 Å². The maximum absolute atomic E-state index is 12.7. The van der Waals surface area contributed by atoms with Gasteiger partial charge in [0.25, 0.3) is 0 Å². The van der Waals surface area contributed by atoms with Gasteiger partial charge in [-0.1, -0.05) is 18.2 Å². The molecule has 0 saturated heterocycles. The molecule has 6 heteroatoms. The lowest BCUT2D eigenvalue weighted by Crippen LogP contribution is -2.35. The number of hydrogen-bond donors (Lipinski definition) is 1. The Bertz CT molecular complexity index is 880. The van der Waals surface area contributed by atoms with E-state index in [1.165, 1.54) is 12.8 Å². The SMILES string of the molecule is O=C(CCC(=O)N1CCSc2ccccc21)Nc1cccc(OC2CCCC2)c1. The molecule has 0 bridgehead atoms. The molecule has 0 aromatic heterocycles. The number of carbonyl (C=O) groups excluding carboxylic acids is 2. The zero-order valence-corrected chi connectivity index (χ0v) is 17.2. The Morgan fingerprint density at radius 1 is 1.07 bits per heavy atom. The average Bonchev–Trinajstić information content (AvgIpc) is 3.25. The van der Waals surface area contributed by atoms with Crippen molar-refractivity contribution >= 4 is 35.0 Å². The topological polar surface area (TPSA) is 58.6 Å². The second kappa shape index (κ2) is 9.35. The van der Waals surface area contributed by atoms with Crippen LogP contribution >= 0.6 is 11.8 Å². The number of hydrogen-bond acceptors (Lipinski definition) is 4. The van der Waals surface area contributed by atoms with Crippen LogP contribution < -0.4 is 15.0 Å². The van der Waals surface area contributed by atoms with Crippen LogP contribution in [-0.4, -0.2) is 30.2 Å². The summed E-state index contributed by atoms with van der Waals surface area (Å²) in [4.78, 5) is 28.0. The van der Waals surface area contributed by atoms with E-state index in [1.807, 2.05) is 48.5 Å². The predicted molar refractivity (Wildman–Crippen MR) is 117 cm³/mol. The summed E-state index contributed by atoms with van der Waals surface area (Å²) in [5.41, 5.74) is 1.66. The number of fused-ring (bicyclic) bond motifs is 1. The molecule has 1 fully saturated rings. The smallest absolute Gasteiger partial charge is 0.227 e. The van der Waals surface area contributed by atoms with Crippen LogP contribution in [0.3, 0.4) is 0 Å². The van der Waals surface area contributed by atoms with E-state index in [0.717, 1.165) is 34.9 Å². The molecular formula is C23H26N2O3S. The molecule has 1 saturated carbocycles. The first-order chi connectivity index (χ1) is 14.2. The van der Waals surface area contributed by atoms with E-state index in [9.17, 15) is 9.59 Å². The van der Waals surface area contributed by atoms with Gasteiger partial charge in [0.15, 0.2) is 0 Å². The maximum Gasteiger partial charge on any atom is 0.227 e. The minimum atomic E-state index is -0.156. The minimum Gasteiger partial charge on any atom is -0.490 e. The van der Waals surface area contributed by atoms with Crippen molar-refractivity contribution in [1.29, 1.82) is 0 Å². The molecule has 0 unspecified atom stereocenters. The van der Waals surface area contributed by atoms with Crippen molar-refractivity contribution in [3.63, 3.8) is 0 Å². The summed E-state index contributed by atoms with van der Waals surface area (Å²) in [7, 11) is 0. The van der Waals surface area contributed by atoms with Gasteiger partial charge in [-0.2, -0.15) is 0 Å². The van der Waals surface area contributed by atoms with Gasteiger partial charge in [-0.15, -0.1) is 11.8 Å². The number of nitrogens with zero attached hydrogens (tertiary/aromatic N) is 1. The second-order valence-corrected chi connectivity index (χ2v) is 8.60. The van der Waals surface area contributed by atoms with E-state index in [0.29, 0.717) is 12.2 Å². The third kappa shape index (κ3) is 5.12. The summed E-state index contributed by atoms with van der Waals surface area (Å²) in [5.74, 6) is 1.50. The van der Waals surface area contributed by atoms with Crippen molar-refractivity contribution in [2.24, 2.45) is 0 Å². The van der Waals surface area contributed by atoms with Gasteiger partial charge in [0.2, 0.25) is 11.8 Å². The quantitative estimate of drug-likeness (QED) is 0.738. The number of thioether (sulfide) groups is 1. The third-order valence-corrected chi connectivity index (χ3v) is 6.36. The molecule has 1 aliphatic heterocycles. The molecule has 1 N–H and O–H groups in total. The average molecular weight is 411 g/mol. The summed E-state index contributed by atoms with van der Waals surface area (Å²) >= 11 is 1.76. The lowest BCUT2D eigenvalue weighted by molar-refractivity contribution is -0.122. The largest absolute Gasteiger partial charge is 0.490 e. The summed E-state index contributed by atoms with van der Waals surface area (Å²) in [6, 6.07) is 15.4. The molecule has 2 aliphatic rings. The van der Waals surface area contributed by atoms with Gasteiger partial charge in [0.1, 0.15) is 5.75 Å². The number of anilines is 2. The molecule has 152 valence electrons. The standard InChI is InChI=1S/C23H26N2O3S/c26-22(24-17-6-5-9-19(16-17)28-18-7-1-2-8-18)12-13-23(27)25-14-15-29-21-11-4-3-10-20(21)25/h3-6,9-11,16,18H,1-2,7-8,12-15H2,(H,24,26). The number of para-hydroxylation sites is 1. The second-order valence-electron chi connectivity index (χ2n) is 7.46. The Labute approximate surface area is 175 Å². The Morgan fingerprint density at radius 2 is 1.90 bits per heavy atom. The van der Waals surface area contributed by atoms with Gasteiger partial charge < -0.3 is 15.0 Å². The number of amides is 2. The summed E-state index contributed by atoms with van der Waals surface area (Å²) in [6.45, 7) is 0.683. The van der Waals surface area contributed by atoms with Crippen LogP contribution in [0.1, 0.15) is 38.5 Å². The van der Waals surface area contributed by atoms with Crippen LogP contribution in [0.5, 0.6) is 5.75 Å². The van der Waals surface area contributed by atoms with Crippen molar-refractivity contribution in [2.75, 3.05) is 22.5 Å². The molecule has 5 nitrogen and oxygen atoms in total. The van der Waals surface area contributed by atoms with Crippen LogP contribution in [0.15, 0.2) is 53.4 Å². The molecule has 0 radical (unpaired) electrons. The molecule has 2 aromatic rings. The Kier molecular flexibility index (Phi) is 6.39. The van der Waals surface area contributed by atoms with Crippen molar-refractivity contribution in [1.82, 2.24) is 0 Å². The monoisotopic (exact) mass is 410 g/mol. The summed E-state index contributed by atoms with van der Waals surface area (Å²) < 4.78 is 5.99. The highest BCUT2D eigenvalue weighted by Gasteiger charge is 2.23. The van der Waals surface area contributed by atoms with Crippen LogP contribution in [-0.2, 0) is 9.59 Å². The van der Waals surface area contributed by atoms with Crippen molar-refractivity contribution in [3.8, 4) is 5.75 Å². The lowest BCUT2D eigenvalue weighted by atomic mass is 10.2. The zero-order valence-electron chi connectivity index (χ0n) is 16.4. The molecular weight excluding hydrogens is 384 g/mol. The fraction of sp³-hybridized carbons (Fsp3) is 0.391. The zero-order chi connectivity index (χ0) is 20.1. The van der Waals surface area contributed by atoms with Crippen LogP contribution in [0, 0.1) is 0 Å². The highest BCUT2D eigenvalue weighted by molar-refractivity contribution is 7.99. The highest BCUT2D eigenvalue weighted by atomic mass is 32.2. The van der Waals surface area contributed by atoms with Gasteiger partial charge in [-0.3, -0.25) is 9.59 Å². The van der Waals surface area contributed by atoms with Gasteiger partial charge >= 0.3 is 0 Å². The Morgan fingerprint density at radius 3 is 2.76 bits per heavy atom. The van der Waals surface area contributed by atoms with Gasteiger partial charge in [-0.25, -0.2) is 0 Å². The maximum atomic E-state index is 12.7. The molecule has 1 aliphatic carbocycles. The lowest BCUT2D eigenvalue weighted by Gasteiger charge is -2.29. The van der Waals surface area contributed by atoms with E-state index in [4.69, 9.17) is 4.74 Å². The van der Waals surface area contributed by atoms with E-state index in [1.54, 1.807) is 16.7 Å².